The Hall–Kier alpha value is -1.64. The quantitative estimate of drug-likeness (QED) is 0.686. The van der Waals surface area contributed by atoms with Crippen LogP contribution in [0.5, 0.6) is 0 Å². The van der Waals surface area contributed by atoms with Crippen LogP contribution in [0.1, 0.15) is 24.6 Å². The van der Waals surface area contributed by atoms with Crippen molar-refractivity contribution < 1.29 is 4.79 Å². The number of pyridine rings is 1. The smallest absolute Gasteiger partial charge is 0.246 e. The molecule has 3 nitrogen and oxygen atoms in total. The Kier molecular flexibility index (Phi) is 2.81. The monoisotopic (exact) mass is 202 g/mol. The van der Waals surface area contributed by atoms with Crippen molar-refractivity contribution >= 4 is 5.91 Å². The molecule has 0 aliphatic carbocycles. The standard InChI is InChI=1S/C12H14N2O/c1-2-12(15)14-9-5-7-11(14)10-6-3-4-8-13-10/h2-4,6,8,11H,1,5,7,9H2. The fourth-order valence-electron chi connectivity index (χ4n) is 2.03. The van der Waals surface area contributed by atoms with Gasteiger partial charge >= 0.3 is 0 Å². The Labute approximate surface area is 89.4 Å². The zero-order chi connectivity index (χ0) is 10.7. The van der Waals surface area contributed by atoms with Crippen LogP contribution in [-0.2, 0) is 4.79 Å². The van der Waals surface area contributed by atoms with Crippen LogP contribution in [0.4, 0.5) is 0 Å². The predicted molar refractivity (Wildman–Crippen MR) is 58.1 cm³/mol. The van der Waals surface area contributed by atoms with Crippen LogP contribution in [0.15, 0.2) is 37.1 Å². The molecule has 78 valence electrons. The second-order valence-electron chi connectivity index (χ2n) is 3.65. The van der Waals surface area contributed by atoms with E-state index in [1.54, 1.807) is 6.20 Å². The predicted octanol–water partition coefficient (Wildman–Crippen LogP) is 1.93. The van der Waals surface area contributed by atoms with Crippen molar-refractivity contribution in [1.29, 1.82) is 0 Å². The number of carbonyl (C=O) groups is 1. The fraction of sp³-hybridized carbons (Fsp3) is 0.333. The molecule has 0 N–H and O–H groups in total. The molecule has 1 aliphatic heterocycles. The Morgan fingerprint density at radius 3 is 3.13 bits per heavy atom. The summed E-state index contributed by atoms with van der Waals surface area (Å²) in [5.74, 6) is 0.00292. The lowest BCUT2D eigenvalue weighted by Gasteiger charge is -2.22. The van der Waals surface area contributed by atoms with Crippen LogP contribution in [0.25, 0.3) is 0 Å². The summed E-state index contributed by atoms with van der Waals surface area (Å²) in [5.41, 5.74) is 0.977. The number of aromatic nitrogens is 1. The third-order valence-electron chi connectivity index (χ3n) is 2.74. The zero-order valence-corrected chi connectivity index (χ0v) is 8.60. The number of hydrogen-bond donors (Lipinski definition) is 0. The molecule has 1 aromatic rings. The zero-order valence-electron chi connectivity index (χ0n) is 8.60. The highest BCUT2D eigenvalue weighted by molar-refractivity contribution is 5.87. The molecule has 0 bridgehead atoms. The minimum atomic E-state index is 0.00292. The van der Waals surface area contributed by atoms with Crippen molar-refractivity contribution in [3.05, 3.63) is 42.7 Å². The number of amides is 1. The maximum absolute atomic E-state index is 11.6. The highest BCUT2D eigenvalue weighted by atomic mass is 16.2. The molecule has 1 amide bonds. The van der Waals surface area contributed by atoms with Gasteiger partial charge < -0.3 is 4.90 Å². The van der Waals surface area contributed by atoms with Crippen LogP contribution in [0.2, 0.25) is 0 Å². The van der Waals surface area contributed by atoms with Gasteiger partial charge in [-0.25, -0.2) is 0 Å². The Balaban J connectivity index is 2.22. The SMILES string of the molecule is C=CC(=O)N1CCCC1c1ccccn1. The summed E-state index contributed by atoms with van der Waals surface area (Å²) >= 11 is 0. The lowest BCUT2D eigenvalue weighted by atomic mass is 10.1. The number of rotatable bonds is 2. The molecule has 1 aromatic heterocycles. The second kappa shape index (κ2) is 4.26. The first-order valence-electron chi connectivity index (χ1n) is 5.17. The molecule has 2 rings (SSSR count). The van der Waals surface area contributed by atoms with Gasteiger partial charge in [0.05, 0.1) is 11.7 Å². The summed E-state index contributed by atoms with van der Waals surface area (Å²) in [7, 11) is 0. The van der Waals surface area contributed by atoms with E-state index in [1.165, 1.54) is 6.08 Å². The maximum atomic E-state index is 11.6. The van der Waals surface area contributed by atoms with Gasteiger partial charge in [0.25, 0.3) is 0 Å². The van der Waals surface area contributed by atoms with Crippen LogP contribution in [0.3, 0.4) is 0 Å². The third kappa shape index (κ3) is 1.91. The average molecular weight is 202 g/mol. The number of likely N-dealkylation sites (tertiary alicyclic amines) is 1. The maximum Gasteiger partial charge on any atom is 0.246 e. The molecule has 1 atom stereocenters. The van der Waals surface area contributed by atoms with E-state index in [9.17, 15) is 4.79 Å². The highest BCUT2D eigenvalue weighted by Crippen LogP contribution is 2.30. The molecule has 0 aromatic carbocycles. The molecule has 1 unspecified atom stereocenters. The van der Waals surface area contributed by atoms with E-state index in [1.807, 2.05) is 23.1 Å². The first kappa shape index (κ1) is 9.90. The molecular formula is C12H14N2O. The van der Waals surface area contributed by atoms with E-state index < -0.39 is 0 Å². The van der Waals surface area contributed by atoms with Gasteiger partial charge in [-0.3, -0.25) is 9.78 Å². The molecule has 3 heteroatoms. The molecule has 1 fully saturated rings. The Morgan fingerprint density at radius 2 is 2.47 bits per heavy atom. The van der Waals surface area contributed by atoms with Gasteiger partial charge in [0.2, 0.25) is 5.91 Å². The van der Waals surface area contributed by atoms with Crippen molar-refractivity contribution in [3.8, 4) is 0 Å². The first-order chi connectivity index (χ1) is 7.33. The molecule has 2 heterocycles. The average Bonchev–Trinajstić information content (AvgIpc) is 2.78. The lowest BCUT2D eigenvalue weighted by Crippen LogP contribution is -2.29. The summed E-state index contributed by atoms with van der Waals surface area (Å²) < 4.78 is 0. The topological polar surface area (TPSA) is 33.2 Å². The number of nitrogens with zero attached hydrogens (tertiary/aromatic N) is 2. The third-order valence-corrected chi connectivity index (χ3v) is 2.74. The van der Waals surface area contributed by atoms with E-state index in [0.717, 1.165) is 25.1 Å². The summed E-state index contributed by atoms with van der Waals surface area (Å²) in [6.07, 6.45) is 5.18. The van der Waals surface area contributed by atoms with Crippen LogP contribution < -0.4 is 0 Å². The van der Waals surface area contributed by atoms with Crippen LogP contribution in [0, 0.1) is 0 Å². The van der Waals surface area contributed by atoms with Crippen molar-refractivity contribution in [2.45, 2.75) is 18.9 Å². The largest absolute Gasteiger partial charge is 0.331 e. The van der Waals surface area contributed by atoms with Gasteiger partial charge in [0.1, 0.15) is 0 Å². The normalized spacial score (nSPS) is 20.3. The number of hydrogen-bond acceptors (Lipinski definition) is 2. The van der Waals surface area contributed by atoms with Crippen molar-refractivity contribution in [2.24, 2.45) is 0 Å². The van der Waals surface area contributed by atoms with E-state index >= 15 is 0 Å². The number of carbonyl (C=O) groups excluding carboxylic acids is 1. The molecular weight excluding hydrogens is 188 g/mol. The Bertz CT molecular complexity index is 361. The van der Waals surface area contributed by atoms with Gasteiger partial charge in [-0.05, 0) is 31.1 Å². The minimum absolute atomic E-state index is 0.00292. The molecule has 1 aliphatic rings. The summed E-state index contributed by atoms with van der Waals surface area (Å²) in [6.45, 7) is 4.33. The summed E-state index contributed by atoms with van der Waals surface area (Å²) in [5, 5.41) is 0. The molecule has 1 saturated heterocycles. The van der Waals surface area contributed by atoms with E-state index in [4.69, 9.17) is 0 Å². The van der Waals surface area contributed by atoms with Crippen molar-refractivity contribution in [2.75, 3.05) is 6.54 Å². The summed E-state index contributed by atoms with van der Waals surface area (Å²) in [4.78, 5) is 17.7. The lowest BCUT2D eigenvalue weighted by molar-refractivity contribution is -0.126. The van der Waals surface area contributed by atoms with Gasteiger partial charge in [-0.2, -0.15) is 0 Å². The Morgan fingerprint density at radius 1 is 1.60 bits per heavy atom. The highest BCUT2D eigenvalue weighted by Gasteiger charge is 2.29. The van der Waals surface area contributed by atoms with Gasteiger partial charge in [0.15, 0.2) is 0 Å². The summed E-state index contributed by atoms with van der Waals surface area (Å²) in [6, 6.07) is 5.95. The minimum Gasteiger partial charge on any atom is -0.331 e. The van der Waals surface area contributed by atoms with Crippen LogP contribution >= 0.6 is 0 Å². The fourth-order valence-corrected chi connectivity index (χ4v) is 2.03. The molecule has 15 heavy (non-hydrogen) atoms. The van der Waals surface area contributed by atoms with E-state index in [2.05, 4.69) is 11.6 Å². The second-order valence-corrected chi connectivity index (χ2v) is 3.65. The van der Waals surface area contributed by atoms with Gasteiger partial charge in [-0.15, -0.1) is 0 Å². The van der Waals surface area contributed by atoms with E-state index in [0.29, 0.717) is 0 Å². The molecule has 0 radical (unpaired) electrons. The van der Waals surface area contributed by atoms with Gasteiger partial charge in [-0.1, -0.05) is 12.6 Å². The molecule has 0 saturated carbocycles. The van der Waals surface area contributed by atoms with E-state index in [-0.39, 0.29) is 11.9 Å². The van der Waals surface area contributed by atoms with Gasteiger partial charge in [0, 0.05) is 12.7 Å². The first-order valence-corrected chi connectivity index (χ1v) is 5.17. The van der Waals surface area contributed by atoms with Crippen molar-refractivity contribution in [1.82, 2.24) is 9.88 Å². The van der Waals surface area contributed by atoms with Crippen molar-refractivity contribution in [3.63, 3.8) is 0 Å². The van der Waals surface area contributed by atoms with Crippen LogP contribution in [-0.4, -0.2) is 22.3 Å². The molecule has 0 spiro atoms.